The first-order chi connectivity index (χ1) is 7.47. The summed E-state index contributed by atoms with van der Waals surface area (Å²) in [5, 5.41) is 11.1. The molecule has 0 bridgehead atoms. The van der Waals surface area contributed by atoms with Crippen molar-refractivity contribution in [3.05, 3.63) is 0 Å². The lowest BCUT2D eigenvalue weighted by Gasteiger charge is -2.23. The average Bonchev–Trinajstić information content (AvgIpc) is 2.16. The zero-order chi connectivity index (χ0) is 12.6. The molecule has 0 spiro atoms. The lowest BCUT2D eigenvalue weighted by atomic mass is 10.3. The molecule has 94 valence electrons. The van der Waals surface area contributed by atoms with Gasteiger partial charge in [0.15, 0.2) is 0 Å². The molecule has 0 aromatic rings. The van der Waals surface area contributed by atoms with E-state index in [9.17, 15) is 9.59 Å². The number of carboxylic acid groups (broad SMARTS) is 1. The van der Waals surface area contributed by atoms with Gasteiger partial charge in [0.25, 0.3) is 0 Å². The van der Waals surface area contributed by atoms with Gasteiger partial charge in [-0.1, -0.05) is 13.3 Å². The highest BCUT2D eigenvalue weighted by molar-refractivity contribution is 5.71. The van der Waals surface area contributed by atoms with Gasteiger partial charge in [0.1, 0.15) is 0 Å². The van der Waals surface area contributed by atoms with Crippen LogP contribution in [-0.2, 0) is 9.53 Å². The fourth-order valence-electron chi connectivity index (χ4n) is 1.02. The van der Waals surface area contributed by atoms with Gasteiger partial charge in [0.05, 0.1) is 19.2 Å². The number of nitrogens with one attached hydrogen (secondary N) is 1. The molecule has 2 N–H and O–H groups in total. The first-order valence-electron chi connectivity index (χ1n) is 5.28. The van der Waals surface area contributed by atoms with Crippen LogP contribution in [0.15, 0.2) is 0 Å². The molecule has 0 fully saturated rings. The van der Waals surface area contributed by atoms with Crippen molar-refractivity contribution >= 4 is 12.1 Å². The molecule has 1 unspecified atom stereocenters. The maximum absolute atomic E-state index is 11.3. The Labute approximate surface area is 95.6 Å². The number of carboxylic acids is 1. The van der Waals surface area contributed by atoms with Crippen LogP contribution in [-0.4, -0.2) is 48.9 Å². The summed E-state index contributed by atoms with van der Waals surface area (Å²) in [5.41, 5.74) is 0. The monoisotopic (exact) mass is 232 g/mol. The van der Waals surface area contributed by atoms with Gasteiger partial charge in [0, 0.05) is 0 Å². The van der Waals surface area contributed by atoms with Gasteiger partial charge < -0.3 is 15.2 Å². The van der Waals surface area contributed by atoms with Gasteiger partial charge in [-0.25, -0.2) is 4.79 Å². The molecule has 0 aliphatic carbocycles. The van der Waals surface area contributed by atoms with Crippen molar-refractivity contribution in [2.75, 3.05) is 20.7 Å². The van der Waals surface area contributed by atoms with E-state index in [1.165, 1.54) is 0 Å². The van der Waals surface area contributed by atoms with Gasteiger partial charge >= 0.3 is 12.1 Å². The third-order valence-electron chi connectivity index (χ3n) is 2.01. The average molecular weight is 232 g/mol. The van der Waals surface area contributed by atoms with Crippen LogP contribution >= 0.6 is 0 Å². The summed E-state index contributed by atoms with van der Waals surface area (Å²) in [5.74, 6) is -0.965. The molecular weight excluding hydrogens is 212 g/mol. The van der Waals surface area contributed by atoms with E-state index in [0.29, 0.717) is 6.61 Å². The van der Waals surface area contributed by atoms with E-state index in [0.717, 1.165) is 12.8 Å². The summed E-state index contributed by atoms with van der Waals surface area (Å²) in [6.45, 7) is 2.35. The predicted molar refractivity (Wildman–Crippen MR) is 59.1 cm³/mol. The van der Waals surface area contributed by atoms with Crippen LogP contribution in [0.25, 0.3) is 0 Å². The van der Waals surface area contributed by atoms with Crippen molar-refractivity contribution in [3.8, 4) is 0 Å². The van der Waals surface area contributed by atoms with Gasteiger partial charge in [-0.15, -0.1) is 0 Å². The standard InChI is InChI=1S/C10H20N2O4/c1-4-5-6-16-10(15)11-8(12(2)3)7-9(13)14/h8H,4-7H2,1-3H3,(H,11,15)(H,13,14). The summed E-state index contributed by atoms with van der Waals surface area (Å²) in [7, 11) is 3.39. The molecule has 0 aliphatic heterocycles. The summed E-state index contributed by atoms with van der Waals surface area (Å²) in [6.07, 6.45) is 0.467. The van der Waals surface area contributed by atoms with Crippen molar-refractivity contribution in [2.24, 2.45) is 0 Å². The minimum Gasteiger partial charge on any atom is -0.481 e. The predicted octanol–water partition coefficient (Wildman–Crippen LogP) is 0.875. The van der Waals surface area contributed by atoms with E-state index in [2.05, 4.69) is 5.32 Å². The Hall–Kier alpha value is -1.30. The normalized spacial score (nSPS) is 12.2. The maximum Gasteiger partial charge on any atom is 0.408 e. The zero-order valence-corrected chi connectivity index (χ0v) is 10.0. The number of carbonyl (C=O) groups is 2. The highest BCUT2D eigenvalue weighted by Gasteiger charge is 2.18. The number of aliphatic carboxylic acids is 1. The van der Waals surface area contributed by atoms with Crippen LogP contribution in [0.1, 0.15) is 26.2 Å². The van der Waals surface area contributed by atoms with E-state index in [4.69, 9.17) is 9.84 Å². The molecule has 6 heteroatoms. The Kier molecular flexibility index (Phi) is 7.28. The number of hydrogen-bond acceptors (Lipinski definition) is 4. The first kappa shape index (κ1) is 14.7. The number of alkyl carbamates (subject to hydrolysis) is 1. The van der Waals surface area contributed by atoms with Crippen LogP contribution in [0.4, 0.5) is 4.79 Å². The third-order valence-corrected chi connectivity index (χ3v) is 2.01. The molecule has 0 aliphatic rings. The van der Waals surface area contributed by atoms with Crippen molar-refractivity contribution in [1.29, 1.82) is 0 Å². The van der Waals surface area contributed by atoms with Gasteiger partial charge in [0.2, 0.25) is 0 Å². The van der Waals surface area contributed by atoms with Crippen LogP contribution in [0.5, 0.6) is 0 Å². The van der Waals surface area contributed by atoms with Crippen LogP contribution < -0.4 is 5.32 Å². The smallest absolute Gasteiger partial charge is 0.408 e. The van der Waals surface area contributed by atoms with Crippen LogP contribution in [0.2, 0.25) is 0 Å². The molecule has 16 heavy (non-hydrogen) atoms. The number of hydrogen-bond donors (Lipinski definition) is 2. The number of nitrogens with zero attached hydrogens (tertiary/aromatic N) is 1. The van der Waals surface area contributed by atoms with Crippen molar-refractivity contribution < 1.29 is 19.4 Å². The minimum absolute atomic E-state index is 0.157. The van der Waals surface area contributed by atoms with Gasteiger partial charge in [-0.3, -0.25) is 9.69 Å². The minimum atomic E-state index is -0.965. The second-order valence-electron chi connectivity index (χ2n) is 3.71. The second-order valence-corrected chi connectivity index (χ2v) is 3.71. The van der Waals surface area contributed by atoms with Crippen molar-refractivity contribution in [2.45, 2.75) is 32.4 Å². The highest BCUT2D eigenvalue weighted by atomic mass is 16.5. The largest absolute Gasteiger partial charge is 0.481 e. The number of rotatable bonds is 7. The highest BCUT2D eigenvalue weighted by Crippen LogP contribution is 1.97. The van der Waals surface area contributed by atoms with Crippen LogP contribution in [0.3, 0.4) is 0 Å². The van der Waals surface area contributed by atoms with E-state index in [1.807, 2.05) is 6.92 Å². The summed E-state index contributed by atoms with van der Waals surface area (Å²) in [4.78, 5) is 23.4. The maximum atomic E-state index is 11.3. The van der Waals surface area contributed by atoms with E-state index < -0.39 is 18.2 Å². The Morgan fingerprint density at radius 1 is 1.44 bits per heavy atom. The summed E-state index contributed by atoms with van der Waals surface area (Å²) >= 11 is 0. The Balaban J connectivity index is 3.98. The van der Waals surface area contributed by atoms with E-state index in [-0.39, 0.29) is 6.42 Å². The molecule has 0 saturated heterocycles. The quantitative estimate of drug-likeness (QED) is 0.503. The molecule has 0 radical (unpaired) electrons. The Bertz CT molecular complexity index is 231. The fraction of sp³-hybridized carbons (Fsp3) is 0.800. The lowest BCUT2D eigenvalue weighted by molar-refractivity contribution is -0.138. The zero-order valence-electron chi connectivity index (χ0n) is 10.0. The molecule has 1 amide bonds. The van der Waals surface area contributed by atoms with Crippen molar-refractivity contribution in [3.63, 3.8) is 0 Å². The number of amides is 1. The number of unbranched alkanes of at least 4 members (excludes halogenated alkanes) is 1. The Morgan fingerprint density at radius 3 is 2.50 bits per heavy atom. The third kappa shape index (κ3) is 7.05. The molecular formula is C10H20N2O4. The lowest BCUT2D eigenvalue weighted by Crippen LogP contribution is -2.46. The molecule has 0 heterocycles. The van der Waals surface area contributed by atoms with Gasteiger partial charge in [-0.2, -0.15) is 0 Å². The molecule has 1 atom stereocenters. The SMILES string of the molecule is CCCCOC(=O)NC(CC(=O)O)N(C)C. The second kappa shape index (κ2) is 7.92. The molecule has 6 nitrogen and oxygen atoms in total. The topological polar surface area (TPSA) is 78.9 Å². The summed E-state index contributed by atoms with van der Waals surface area (Å²) < 4.78 is 4.88. The van der Waals surface area contributed by atoms with Gasteiger partial charge in [-0.05, 0) is 20.5 Å². The molecule has 0 saturated carbocycles. The van der Waals surface area contributed by atoms with Crippen molar-refractivity contribution in [1.82, 2.24) is 10.2 Å². The molecule has 0 rings (SSSR count). The van der Waals surface area contributed by atoms with E-state index in [1.54, 1.807) is 19.0 Å². The number of carbonyl (C=O) groups excluding carboxylic acids is 1. The number of ether oxygens (including phenoxy) is 1. The van der Waals surface area contributed by atoms with E-state index >= 15 is 0 Å². The van der Waals surface area contributed by atoms with Crippen LogP contribution in [0, 0.1) is 0 Å². The first-order valence-corrected chi connectivity index (χ1v) is 5.28. The molecule has 0 aromatic carbocycles. The summed E-state index contributed by atoms with van der Waals surface area (Å²) in [6, 6.07) is 0. The fourth-order valence-corrected chi connectivity index (χ4v) is 1.02. The Morgan fingerprint density at radius 2 is 2.06 bits per heavy atom. The molecule has 0 aromatic heterocycles.